The van der Waals surface area contributed by atoms with Crippen LogP contribution >= 0.6 is 11.6 Å². The molecule has 7 heteroatoms. The van der Waals surface area contributed by atoms with E-state index in [1.54, 1.807) is 12.1 Å². The third-order valence-electron chi connectivity index (χ3n) is 4.89. The van der Waals surface area contributed by atoms with Crippen LogP contribution in [0.3, 0.4) is 0 Å². The topological polar surface area (TPSA) is 87.6 Å². The fourth-order valence-electron chi connectivity index (χ4n) is 3.58. The zero-order valence-corrected chi connectivity index (χ0v) is 17.4. The van der Waals surface area contributed by atoms with Gasteiger partial charge in [-0.2, -0.15) is 0 Å². The smallest absolute Gasteiger partial charge is 0.249 e. The molecule has 0 saturated carbocycles. The highest BCUT2D eigenvalue weighted by Gasteiger charge is 2.31. The molecule has 0 aromatic heterocycles. The Hall–Kier alpha value is -3.09. The van der Waals surface area contributed by atoms with Gasteiger partial charge in [-0.1, -0.05) is 41.9 Å². The van der Waals surface area contributed by atoms with E-state index >= 15 is 4.39 Å². The Balaban J connectivity index is 0.00000124. The molecule has 4 rings (SSSR count). The summed E-state index contributed by atoms with van der Waals surface area (Å²) in [5.41, 5.74) is 12.2. The van der Waals surface area contributed by atoms with Gasteiger partial charge in [0.1, 0.15) is 11.9 Å². The standard InChI is InChI=1S/C22H17ClFNO3.CH5N/c1-27-17-9-7-13(22(25)26)20(21(17)24)19-14-11-18(12-5-3-2-4-6-12)28-16(14)10-8-15(19)23;1-2/h2-10,18H,11H2,1H3,(H2,25,26);2H2,1H3. The van der Waals surface area contributed by atoms with Gasteiger partial charge in [0.25, 0.3) is 0 Å². The SMILES string of the molecule is CN.COc1ccc(C(N)=O)c(-c2c(Cl)ccc3c2CC(c2ccccc2)O3)c1F. The summed E-state index contributed by atoms with van der Waals surface area (Å²) >= 11 is 6.47. The lowest BCUT2D eigenvalue weighted by Gasteiger charge is -2.15. The fraction of sp³-hybridized carbons (Fsp3) is 0.174. The molecule has 3 aromatic carbocycles. The molecule has 0 saturated heterocycles. The molecule has 3 aromatic rings. The normalized spacial score (nSPS) is 14.2. The molecule has 0 bridgehead atoms. The van der Waals surface area contributed by atoms with Gasteiger partial charge in [0.15, 0.2) is 11.6 Å². The third kappa shape index (κ3) is 3.84. The predicted octanol–water partition coefficient (Wildman–Crippen LogP) is 4.50. The molecular formula is C23H22ClFN2O3. The minimum Gasteiger partial charge on any atom is -0.494 e. The summed E-state index contributed by atoms with van der Waals surface area (Å²) in [6.07, 6.45) is 0.267. The van der Waals surface area contributed by atoms with Crippen LogP contribution in [0, 0.1) is 5.82 Å². The molecule has 30 heavy (non-hydrogen) atoms. The van der Waals surface area contributed by atoms with E-state index in [0.29, 0.717) is 22.8 Å². The van der Waals surface area contributed by atoms with E-state index in [1.165, 1.54) is 26.3 Å². The highest BCUT2D eigenvalue weighted by Crippen LogP contribution is 2.47. The van der Waals surface area contributed by atoms with E-state index in [2.05, 4.69) is 5.73 Å². The lowest BCUT2D eigenvalue weighted by atomic mass is 9.91. The molecule has 0 spiro atoms. The number of carbonyl (C=O) groups is 1. The molecule has 5 nitrogen and oxygen atoms in total. The lowest BCUT2D eigenvalue weighted by Crippen LogP contribution is -2.14. The molecule has 1 unspecified atom stereocenters. The summed E-state index contributed by atoms with van der Waals surface area (Å²) < 4.78 is 26.4. The average Bonchev–Trinajstić information content (AvgIpc) is 3.20. The zero-order chi connectivity index (χ0) is 21.8. The van der Waals surface area contributed by atoms with Crippen molar-refractivity contribution in [1.82, 2.24) is 0 Å². The Morgan fingerprint density at radius 3 is 2.43 bits per heavy atom. The number of carbonyl (C=O) groups excluding carboxylic acids is 1. The van der Waals surface area contributed by atoms with Crippen LogP contribution in [0.2, 0.25) is 5.02 Å². The van der Waals surface area contributed by atoms with Crippen molar-refractivity contribution in [1.29, 1.82) is 0 Å². The van der Waals surface area contributed by atoms with Crippen LogP contribution in [0.4, 0.5) is 4.39 Å². The van der Waals surface area contributed by atoms with Gasteiger partial charge >= 0.3 is 0 Å². The first-order chi connectivity index (χ1) is 14.5. The van der Waals surface area contributed by atoms with Crippen molar-refractivity contribution in [3.05, 3.63) is 82.1 Å². The minimum absolute atomic E-state index is 0.00666. The maximum atomic E-state index is 15.2. The number of amides is 1. The predicted molar refractivity (Wildman–Crippen MR) is 116 cm³/mol. The molecule has 156 valence electrons. The van der Waals surface area contributed by atoms with Gasteiger partial charge in [-0.3, -0.25) is 4.79 Å². The highest BCUT2D eigenvalue weighted by molar-refractivity contribution is 6.34. The van der Waals surface area contributed by atoms with Gasteiger partial charge in [0.2, 0.25) is 5.91 Å². The van der Waals surface area contributed by atoms with E-state index in [0.717, 1.165) is 11.1 Å². The minimum atomic E-state index is -0.747. The number of rotatable bonds is 4. The maximum Gasteiger partial charge on any atom is 0.249 e. The Bertz CT molecular complexity index is 1070. The first kappa shape index (κ1) is 21.6. The number of primary amides is 1. The van der Waals surface area contributed by atoms with Gasteiger partial charge < -0.3 is 20.9 Å². The number of hydrogen-bond acceptors (Lipinski definition) is 4. The molecule has 1 aliphatic rings. The summed E-state index contributed by atoms with van der Waals surface area (Å²) in [7, 11) is 2.86. The quantitative estimate of drug-likeness (QED) is 0.640. The van der Waals surface area contributed by atoms with Crippen molar-refractivity contribution in [3.63, 3.8) is 0 Å². The van der Waals surface area contributed by atoms with Crippen molar-refractivity contribution >= 4 is 17.5 Å². The van der Waals surface area contributed by atoms with Crippen LogP contribution in [0.15, 0.2) is 54.6 Å². The van der Waals surface area contributed by atoms with Crippen LogP contribution in [0.25, 0.3) is 11.1 Å². The van der Waals surface area contributed by atoms with E-state index in [-0.39, 0.29) is 23.0 Å². The summed E-state index contributed by atoms with van der Waals surface area (Å²) in [6.45, 7) is 0. The number of halogens is 2. The van der Waals surface area contributed by atoms with E-state index in [4.69, 9.17) is 26.8 Å². The van der Waals surface area contributed by atoms with Gasteiger partial charge in [0.05, 0.1) is 12.7 Å². The Labute approximate surface area is 179 Å². The van der Waals surface area contributed by atoms with Crippen molar-refractivity contribution < 1.29 is 18.7 Å². The number of benzene rings is 3. The molecule has 1 aliphatic heterocycles. The van der Waals surface area contributed by atoms with E-state index in [9.17, 15) is 4.79 Å². The van der Waals surface area contributed by atoms with Gasteiger partial charge in [0, 0.05) is 28.1 Å². The fourth-order valence-corrected chi connectivity index (χ4v) is 3.85. The largest absolute Gasteiger partial charge is 0.494 e. The number of hydrogen-bond donors (Lipinski definition) is 2. The maximum absolute atomic E-state index is 15.2. The molecule has 1 heterocycles. The second kappa shape index (κ2) is 9.15. The van der Waals surface area contributed by atoms with Crippen LogP contribution < -0.4 is 20.9 Å². The molecule has 0 radical (unpaired) electrons. The Morgan fingerprint density at radius 1 is 1.10 bits per heavy atom. The lowest BCUT2D eigenvalue weighted by molar-refractivity contribution is 0.100. The van der Waals surface area contributed by atoms with Gasteiger partial charge in [-0.05, 0) is 36.9 Å². The third-order valence-corrected chi connectivity index (χ3v) is 5.21. The first-order valence-electron chi connectivity index (χ1n) is 9.28. The van der Waals surface area contributed by atoms with E-state index < -0.39 is 11.7 Å². The monoisotopic (exact) mass is 428 g/mol. The average molecular weight is 429 g/mol. The van der Waals surface area contributed by atoms with Crippen molar-refractivity contribution in [2.75, 3.05) is 14.2 Å². The molecule has 0 fully saturated rings. The van der Waals surface area contributed by atoms with Crippen molar-refractivity contribution in [3.8, 4) is 22.6 Å². The van der Waals surface area contributed by atoms with Gasteiger partial charge in [-0.25, -0.2) is 4.39 Å². The second-order valence-corrected chi connectivity index (χ2v) is 6.90. The summed E-state index contributed by atoms with van der Waals surface area (Å²) in [4.78, 5) is 12.0. The summed E-state index contributed by atoms with van der Waals surface area (Å²) in [6, 6.07) is 15.9. The Kier molecular flexibility index (Phi) is 6.59. The van der Waals surface area contributed by atoms with Crippen LogP contribution in [0.1, 0.15) is 27.6 Å². The van der Waals surface area contributed by atoms with Gasteiger partial charge in [-0.15, -0.1) is 0 Å². The second-order valence-electron chi connectivity index (χ2n) is 6.49. The Morgan fingerprint density at radius 2 is 1.80 bits per heavy atom. The summed E-state index contributed by atoms with van der Waals surface area (Å²) in [5, 5.41) is 0.311. The highest BCUT2D eigenvalue weighted by atomic mass is 35.5. The first-order valence-corrected chi connectivity index (χ1v) is 9.66. The van der Waals surface area contributed by atoms with Crippen molar-refractivity contribution in [2.24, 2.45) is 11.5 Å². The van der Waals surface area contributed by atoms with Crippen LogP contribution in [0.5, 0.6) is 11.5 Å². The summed E-state index contributed by atoms with van der Waals surface area (Å²) in [5.74, 6) is -0.820. The van der Waals surface area contributed by atoms with Crippen LogP contribution in [-0.2, 0) is 6.42 Å². The number of ether oxygens (including phenoxy) is 2. The number of methoxy groups -OCH3 is 1. The zero-order valence-electron chi connectivity index (χ0n) is 16.6. The van der Waals surface area contributed by atoms with Crippen molar-refractivity contribution in [2.45, 2.75) is 12.5 Å². The molecular weight excluding hydrogens is 407 g/mol. The van der Waals surface area contributed by atoms with Crippen LogP contribution in [-0.4, -0.2) is 20.1 Å². The molecule has 1 amide bonds. The molecule has 1 atom stereocenters. The number of fused-ring (bicyclic) bond motifs is 1. The van der Waals surface area contributed by atoms with E-state index in [1.807, 2.05) is 30.3 Å². The molecule has 0 aliphatic carbocycles. The number of nitrogens with two attached hydrogens (primary N) is 2. The molecule has 4 N–H and O–H groups in total.